The largest absolute Gasteiger partial charge is 0.379 e. The van der Waals surface area contributed by atoms with Crippen LogP contribution in [0.3, 0.4) is 0 Å². The number of hydrogen-bond acceptors (Lipinski definition) is 6. The molecule has 0 bridgehead atoms. The lowest BCUT2D eigenvalue weighted by Crippen LogP contribution is -2.41. The standard InChI is InChI=1S/C24H23N5O2/c1-15(16-2-3-16)26-24-20-9-6-18(12-21(20)27-28-22(24)13-25)17-4-7-19(8-5-17)29-10-11-31-14-23(29)30/h4-9,12,15-16H,2-3,10-11,14H2,1H3,(H,26,27)/t15-/m1/s1. The maximum absolute atomic E-state index is 12.1. The minimum Gasteiger partial charge on any atom is -0.379 e. The summed E-state index contributed by atoms with van der Waals surface area (Å²) in [5, 5.41) is 22.3. The summed E-state index contributed by atoms with van der Waals surface area (Å²) in [7, 11) is 0. The van der Waals surface area contributed by atoms with Crippen molar-refractivity contribution >= 4 is 28.2 Å². The van der Waals surface area contributed by atoms with E-state index in [4.69, 9.17) is 4.74 Å². The SMILES string of the molecule is C[C@@H](Nc1c(C#N)nnc2cc(-c3ccc(N4CCOCC4=O)cc3)ccc12)C1CC1. The molecule has 2 heterocycles. The Morgan fingerprint density at radius 3 is 2.65 bits per heavy atom. The maximum Gasteiger partial charge on any atom is 0.253 e. The van der Waals surface area contributed by atoms with Gasteiger partial charge in [0.15, 0.2) is 5.69 Å². The van der Waals surface area contributed by atoms with E-state index in [0.29, 0.717) is 30.8 Å². The Morgan fingerprint density at radius 2 is 1.94 bits per heavy atom. The number of anilines is 2. The molecule has 1 aliphatic heterocycles. The Hall–Kier alpha value is -3.50. The average molecular weight is 413 g/mol. The molecular weight excluding hydrogens is 390 g/mol. The van der Waals surface area contributed by atoms with Gasteiger partial charge in [0, 0.05) is 23.7 Å². The van der Waals surface area contributed by atoms with Crippen molar-refractivity contribution in [3.05, 3.63) is 48.2 Å². The van der Waals surface area contributed by atoms with Gasteiger partial charge in [-0.15, -0.1) is 10.2 Å². The van der Waals surface area contributed by atoms with E-state index in [2.05, 4.69) is 28.5 Å². The number of nitrogens with one attached hydrogen (secondary N) is 1. The number of nitriles is 1. The number of ether oxygens (including phenoxy) is 1. The zero-order valence-corrected chi connectivity index (χ0v) is 17.3. The number of carbonyl (C=O) groups is 1. The molecule has 5 rings (SSSR count). The number of hydrogen-bond donors (Lipinski definition) is 1. The van der Waals surface area contributed by atoms with Crippen molar-refractivity contribution in [3.63, 3.8) is 0 Å². The lowest BCUT2D eigenvalue weighted by Gasteiger charge is -2.26. The van der Waals surface area contributed by atoms with E-state index < -0.39 is 0 Å². The first-order chi connectivity index (χ1) is 15.1. The Balaban J connectivity index is 1.45. The second-order valence-corrected chi connectivity index (χ2v) is 8.18. The van der Waals surface area contributed by atoms with E-state index in [1.54, 1.807) is 4.90 Å². The molecule has 7 heteroatoms. The third-order valence-corrected chi connectivity index (χ3v) is 6.07. The van der Waals surface area contributed by atoms with E-state index in [9.17, 15) is 10.1 Å². The Bertz CT molecular complexity index is 1180. The molecule has 0 unspecified atom stereocenters. The van der Waals surface area contributed by atoms with Crippen LogP contribution in [0.15, 0.2) is 42.5 Å². The van der Waals surface area contributed by atoms with Gasteiger partial charge in [-0.2, -0.15) is 5.26 Å². The summed E-state index contributed by atoms with van der Waals surface area (Å²) < 4.78 is 5.20. The van der Waals surface area contributed by atoms with Crippen LogP contribution in [0.4, 0.5) is 11.4 Å². The summed E-state index contributed by atoms with van der Waals surface area (Å²) in [6.07, 6.45) is 2.45. The van der Waals surface area contributed by atoms with Gasteiger partial charge in [-0.05, 0) is 61.1 Å². The molecule has 7 nitrogen and oxygen atoms in total. The van der Waals surface area contributed by atoms with Crippen LogP contribution in [0.1, 0.15) is 25.5 Å². The van der Waals surface area contributed by atoms with E-state index >= 15 is 0 Å². The van der Waals surface area contributed by atoms with Gasteiger partial charge in [-0.25, -0.2) is 0 Å². The first-order valence-electron chi connectivity index (χ1n) is 10.6. The highest BCUT2D eigenvalue weighted by atomic mass is 16.5. The fourth-order valence-corrected chi connectivity index (χ4v) is 4.08. The highest BCUT2D eigenvalue weighted by Gasteiger charge is 2.29. The van der Waals surface area contributed by atoms with E-state index in [-0.39, 0.29) is 12.5 Å². The van der Waals surface area contributed by atoms with Crippen LogP contribution in [0.25, 0.3) is 22.0 Å². The molecule has 2 aromatic carbocycles. The van der Waals surface area contributed by atoms with Crippen molar-refractivity contribution in [2.45, 2.75) is 25.8 Å². The molecule has 2 fully saturated rings. The molecule has 0 spiro atoms. The second kappa shape index (κ2) is 7.97. The first-order valence-corrected chi connectivity index (χ1v) is 10.6. The van der Waals surface area contributed by atoms with E-state index in [1.165, 1.54) is 12.8 Å². The minimum atomic E-state index is -0.0197. The predicted molar refractivity (Wildman–Crippen MR) is 119 cm³/mol. The number of carbonyl (C=O) groups excluding carboxylic acids is 1. The van der Waals surface area contributed by atoms with Gasteiger partial charge < -0.3 is 15.0 Å². The third kappa shape index (κ3) is 3.82. The van der Waals surface area contributed by atoms with Crippen molar-refractivity contribution < 1.29 is 9.53 Å². The van der Waals surface area contributed by atoms with Gasteiger partial charge in [-0.3, -0.25) is 4.79 Å². The van der Waals surface area contributed by atoms with E-state index in [1.807, 2.05) is 42.5 Å². The Morgan fingerprint density at radius 1 is 1.16 bits per heavy atom. The molecule has 1 N–H and O–H groups in total. The molecule has 2 aliphatic rings. The third-order valence-electron chi connectivity index (χ3n) is 6.07. The van der Waals surface area contributed by atoms with Crippen LogP contribution in [-0.2, 0) is 9.53 Å². The molecule has 0 radical (unpaired) electrons. The molecule has 1 saturated heterocycles. The smallest absolute Gasteiger partial charge is 0.253 e. The van der Waals surface area contributed by atoms with Crippen molar-refractivity contribution in [3.8, 4) is 17.2 Å². The fraction of sp³-hybridized carbons (Fsp3) is 0.333. The Kier molecular flexibility index (Phi) is 5.00. The summed E-state index contributed by atoms with van der Waals surface area (Å²) in [5.41, 5.74) is 4.74. The topological polar surface area (TPSA) is 91.1 Å². The molecule has 1 atom stereocenters. The zero-order valence-electron chi connectivity index (χ0n) is 17.3. The summed E-state index contributed by atoms with van der Waals surface area (Å²) in [5.74, 6) is 0.639. The van der Waals surface area contributed by atoms with Gasteiger partial charge in [0.25, 0.3) is 5.91 Å². The van der Waals surface area contributed by atoms with Crippen molar-refractivity contribution in [2.75, 3.05) is 30.0 Å². The first kappa shape index (κ1) is 19.5. The summed E-state index contributed by atoms with van der Waals surface area (Å²) in [6, 6.07) is 16.4. The molecule has 1 aromatic heterocycles. The molecule has 31 heavy (non-hydrogen) atoms. The lowest BCUT2D eigenvalue weighted by molar-refractivity contribution is -0.125. The summed E-state index contributed by atoms with van der Waals surface area (Å²) in [6.45, 7) is 3.41. The van der Waals surface area contributed by atoms with Gasteiger partial charge in [0.1, 0.15) is 12.7 Å². The summed E-state index contributed by atoms with van der Waals surface area (Å²) >= 11 is 0. The average Bonchev–Trinajstić information content (AvgIpc) is 3.65. The van der Waals surface area contributed by atoms with Crippen molar-refractivity contribution in [2.24, 2.45) is 5.92 Å². The number of fused-ring (bicyclic) bond motifs is 1. The number of amides is 1. The van der Waals surface area contributed by atoms with Gasteiger partial charge in [0.2, 0.25) is 0 Å². The lowest BCUT2D eigenvalue weighted by atomic mass is 10.0. The molecule has 1 saturated carbocycles. The van der Waals surface area contributed by atoms with Crippen LogP contribution >= 0.6 is 0 Å². The predicted octanol–water partition coefficient (Wildman–Crippen LogP) is 3.74. The van der Waals surface area contributed by atoms with Crippen molar-refractivity contribution in [1.29, 1.82) is 5.26 Å². The number of morpholine rings is 1. The normalized spacial score (nSPS) is 17.4. The maximum atomic E-state index is 12.1. The van der Waals surface area contributed by atoms with Crippen LogP contribution in [0.2, 0.25) is 0 Å². The zero-order chi connectivity index (χ0) is 21.4. The molecule has 1 amide bonds. The van der Waals surface area contributed by atoms with Crippen LogP contribution in [-0.4, -0.2) is 41.9 Å². The molecular formula is C24H23N5O2. The van der Waals surface area contributed by atoms with E-state index in [0.717, 1.165) is 33.4 Å². The molecule has 3 aromatic rings. The number of rotatable bonds is 5. The van der Waals surface area contributed by atoms with Crippen LogP contribution < -0.4 is 10.2 Å². The quantitative estimate of drug-likeness (QED) is 0.685. The minimum absolute atomic E-state index is 0.0197. The molecule has 1 aliphatic carbocycles. The highest BCUT2D eigenvalue weighted by molar-refractivity contribution is 5.96. The fourth-order valence-electron chi connectivity index (χ4n) is 4.08. The van der Waals surface area contributed by atoms with Gasteiger partial charge in [0.05, 0.1) is 17.8 Å². The van der Waals surface area contributed by atoms with Gasteiger partial charge in [-0.1, -0.05) is 18.2 Å². The van der Waals surface area contributed by atoms with Crippen molar-refractivity contribution in [1.82, 2.24) is 10.2 Å². The Labute approximate surface area is 180 Å². The highest BCUT2D eigenvalue weighted by Crippen LogP contribution is 2.36. The summed E-state index contributed by atoms with van der Waals surface area (Å²) in [4.78, 5) is 13.8. The second-order valence-electron chi connectivity index (χ2n) is 8.18. The molecule has 156 valence electrons. The number of aromatic nitrogens is 2. The van der Waals surface area contributed by atoms with Crippen LogP contribution in [0, 0.1) is 17.2 Å². The van der Waals surface area contributed by atoms with Gasteiger partial charge >= 0.3 is 0 Å². The number of nitrogens with zero attached hydrogens (tertiary/aromatic N) is 4. The van der Waals surface area contributed by atoms with Crippen LogP contribution in [0.5, 0.6) is 0 Å². The number of benzene rings is 2. The monoisotopic (exact) mass is 413 g/mol.